The zero-order chi connectivity index (χ0) is 18.1. The van der Waals surface area contributed by atoms with Crippen LogP contribution in [0.1, 0.15) is 18.2 Å². The summed E-state index contributed by atoms with van der Waals surface area (Å²) >= 11 is 0. The zero-order valence-corrected chi connectivity index (χ0v) is 15.0. The maximum absolute atomic E-state index is 11.3. The van der Waals surface area contributed by atoms with Crippen LogP contribution in [0.3, 0.4) is 0 Å². The van der Waals surface area contributed by atoms with Gasteiger partial charge in [0, 0.05) is 31.4 Å². The molecular formula is C17H23N5O2S. The predicted octanol–water partition coefficient (Wildman–Crippen LogP) is 1.03. The number of primary sulfonamides is 1. The van der Waals surface area contributed by atoms with Crippen LogP contribution in [0.5, 0.6) is 0 Å². The van der Waals surface area contributed by atoms with E-state index in [1.807, 2.05) is 25.1 Å². The van der Waals surface area contributed by atoms with Crippen LogP contribution in [-0.4, -0.2) is 32.5 Å². The summed E-state index contributed by atoms with van der Waals surface area (Å²) in [4.78, 5) is 8.88. The summed E-state index contributed by atoms with van der Waals surface area (Å²) in [5.74, 6) is 0.703. The second-order valence-electron chi connectivity index (χ2n) is 5.38. The van der Waals surface area contributed by atoms with Gasteiger partial charge in [0.05, 0.1) is 11.4 Å². The monoisotopic (exact) mass is 361 g/mol. The number of nitrogens with one attached hydrogen (secondary N) is 2. The maximum Gasteiger partial charge on any atom is 0.238 e. The molecule has 0 bridgehead atoms. The minimum absolute atomic E-state index is 0.0978. The van der Waals surface area contributed by atoms with Crippen LogP contribution in [0, 0.1) is 0 Å². The Hall–Kier alpha value is -2.45. The summed E-state index contributed by atoms with van der Waals surface area (Å²) in [6.07, 6.45) is 2.58. The Morgan fingerprint density at radius 1 is 1.16 bits per heavy atom. The molecule has 0 spiro atoms. The normalized spacial score (nSPS) is 12.0. The molecule has 7 nitrogen and oxygen atoms in total. The molecule has 1 heterocycles. The number of aromatic nitrogens is 1. The molecule has 134 valence electrons. The summed E-state index contributed by atoms with van der Waals surface area (Å²) in [6.45, 7) is 3.90. The SMILES string of the molecule is CCNC(=NCc1ccc(S(N)(=O)=O)cc1)NCCc1ccccn1. The Morgan fingerprint density at radius 2 is 1.92 bits per heavy atom. The third-order valence-corrected chi connectivity index (χ3v) is 4.34. The minimum Gasteiger partial charge on any atom is -0.357 e. The van der Waals surface area contributed by atoms with Crippen molar-refractivity contribution >= 4 is 16.0 Å². The molecule has 2 aromatic rings. The highest BCUT2D eigenvalue weighted by Gasteiger charge is 2.06. The first-order valence-corrected chi connectivity index (χ1v) is 9.57. The topological polar surface area (TPSA) is 109 Å². The van der Waals surface area contributed by atoms with Crippen LogP contribution >= 0.6 is 0 Å². The molecule has 0 aliphatic rings. The predicted molar refractivity (Wildman–Crippen MR) is 98.6 cm³/mol. The van der Waals surface area contributed by atoms with E-state index < -0.39 is 10.0 Å². The molecule has 0 aliphatic heterocycles. The Balaban J connectivity index is 1.92. The van der Waals surface area contributed by atoms with E-state index in [0.29, 0.717) is 19.0 Å². The summed E-state index contributed by atoms with van der Waals surface area (Å²) in [6, 6.07) is 12.2. The van der Waals surface area contributed by atoms with E-state index in [1.165, 1.54) is 12.1 Å². The first-order chi connectivity index (χ1) is 12.0. The molecule has 4 N–H and O–H groups in total. The van der Waals surface area contributed by atoms with E-state index in [2.05, 4.69) is 20.6 Å². The molecule has 0 aliphatic carbocycles. The summed E-state index contributed by atoms with van der Waals surface area (Å²) in [5.41, 5.74) is 1.92. The zero-order valence-electron chi connectivity index (χ0n) is 14.1. The second kappa shape index (κ2) is 9.14. The molecular weight excluding hydrogens is 338 g/mol. The molecule has 0 amide bonds. The lowest BCUT2D eigenvalue weighted by Gasteiger charge is -2.11. The fourth-order valence-electron chi connectivity index (χ4n) is 2.15. The smallest absolute Gasteiger partial charge is 0.238 e. The number of nitrogens with two attached hydrogens (primary N) is 1. The fourth-order valence-corrected chi connectivity index (χ4v) is 2.67. The van der Waals surface area contributed by atoms with Crippen molar-refractivity contribution in [1.29, 1.82) is 0 Å². The first-order valence-electron chi connectivity index (χ1n) is 8.03. The van der Waals surface area contributed by atoms with Gasteiger partial charge in [-0.25, -0.2) is 18.5 Å². The summed E-state index contributed by atoms with van der Waals surface area (Å²) in [7, 11) is -3.66. The van der Waals surface area contributed by atoms with Crippen LogP contribution in [0.25, 0.3) is 0 Å². The van der Waals surface area contributed by atoms with Crippen LogP contribution in [0.2, 0.25) is 0 Å². The Bertz CT molecular complexity index is 790. The summed E-state index contributed by atoms with van der Waals surface area (Å²) < 4.78 is 22.5. The van der Waals surface area contributed by atoms with E-state index in [9.17, 15) is 8.42 Å². The lowest BCUT2D eigenvalue weighted by atomic mass is 10.2. The number of sulfonamides is 1. The van der Waals surface area contributed by atoms with E-state index in [0.717, 1.165) is 24.2 Å². The van der Waals surface area contributed by atoms with Crippen molar-refractivity contribution in [2.24, 2.45) is 10.1 Å². The number of benzene rings is 1. The van der Waals surface area contributed by atoms with E-state index in [-0.39, 0.29) is 4.90 Å². The van der Waals surface area contributed by atoms with E-state index in [4.69, 9.17) is 5.14 Å². The summed E-state index contributed by atoms with van der Waals surface area (Å²) in [5, 5.41) is 11.5. The highest BCUT2D eigenvalue weighted by molar-refractivity contribution is 7.89. The Kier molecular flexibility index (Phi) is 6.91. The molecule has 25 heavy (non-hydrogen) atoms. The third kappa shape index (κ3) is 6.52. The highest BCUT2D eigenvalue weighted by atomic mass is 32.2. The minimum atomic E-state index is -3.66. The number of hydrogen-bond donors (Lipinski definition) is 3. The quantitative estimate of drug-likeness (QED) is 0.504. The lowest BCUT2D eigenvalue weighted by Crippen LogP contribution is -2.38. The number of aliphatic imine (C=N–C) groups is 1. The largest absolute Gasteiger partial charge is 0.357 e. The number of hydrogen-bond acceptors (Lipinski definition) is 4. The number of pyridine rings is 1. The van der Waals surface area contributed by atoms with Gasteiger partial charge in [0.1, 0.15) is 0 Å². The third-order valence-electron chi connectivity index (χ3n) is 3.42. The van der Waals surface area contributed by atoms with Gasteiger partial charge in [0.25, 0.3) is 0 Å². The number of nitrogens with zero attached hydrogens (tertiary/aromatic N) is 2. The molecule has 8 heteroatoms. The Morgan fingerprint density at radius 3 is 2.52 bits per heavy atom. The molecule has 0 saturated heterocycles. The molecule has 1 aromatic carbocycles. The molecule has 0 radical (unpaired) electrons. The molecule has 1 aromatic heterocycles. The van der Waals surface area contributed by atoms with Crippen LogP contribution in [0.15, 0.2) is 58.5 Å². The molecule has 2 rings (SSSR count). The average molecular weight is 361 g/mol. The van der Waals surface area contributed by atoms with Crippen LogP contribution in [0.4, 0.5) is 0 Å². The average Bonchev–Trinajstić information content (AvgIpc) is 2.60. The lowest BCUT2D eigenvalue weighted by molar-refractivity contribution is 0.598. The second-order valence-corrected chi connectivity index (χ2v) is 6.94. The van der Waals surface area contributed by atoms with Crippen molar-refractivity contribution in [3.05, 3.63) is 59.9 Å². The van der Waals surface area contributed by atoms with Crippen molar-refractivity contribution in [3.8, 4) is 0 Å². The highest BCUT2D eigenvalue weighted by Crippen LogP contribution is 2.09. The van der Waals surface area contributed by atoms with Gasteiger partial charge in [-0.1, -0.05) is 18.2 Å². The Labute approximate surface area is 148 Å². The van der Waals surface area contributed by atoms with Gasteiger partial charge in [0.15, 0.2) is 5.96 Å². The van der Waals surface area contributed by atoms with Crippen molar-refractivity contribution in [2.45, 2.75) is 24.8 Å². The van der Waals surface area contributed by atoms with Crippen LogP contribution < -0.4 is 15.8 Å². The van der Waals surface area contributed by atoms with Gasteiger partial charge in [-0.3, -0.25) is 4.98 Å². The van der Waals surface area contributed by atoms with Gasteiger partial charge >= 0.3 is 0 Å². The van der Waals surface area contributed by atoms with E-state index >= 15 is 0 Å². The van der Waals surface area contributed by atoms with Crippen molar-refractivity contribution in [1.82, 2.24) is 15.6 Å². The van der Waals surface area contributed by atoms with Crippen molar-refractivity contribution in [2.75, 3.05) is 13.1 Å². The number of guanidine groups is 1. The first kappa shape index (κ1) is 18.9. The van der Waals surface area contributed by atoms with Crippen molar-refractivity contribution in [3.63, 3.8) is 0 Å². The molecule has 0 saturated carbocycles. The standard InChI is InChI=1S/C17H23N5O2S/c1-2-19-17(21-12-10-15-5-3-4-11-20-15)22-13-14-6-8-16(9-7-14)25(18,23)24/h3-9,11H,2,10,12-13H2,1H3,(H2,18,23,24)(H2,19,21,22). The van der Waals surface area contributed by atoms with Gasteiger partial charge in [-0.2, -0.15) is 0 Å². The maximum atomic E-state index is 11.3. The molecule has 0 unspecified atom stereocenters. The van der Waals surface area contributed by atoms with Gasteiger partial charge < -0.3 is 10.6 Å². The van der Waals surface area contributed by atoms with Gasteiger partial charge in [-0.05, 0) is 36.8 Å². The van der Waals surface area contributed by atoms with Crippen molar-refractivity contribution < 1.29 is 8.42 Å². The van der Waals surface area contributed by atoms with Gasteiger partial charge in [-0.15, -0.1) is 0 Å². The van der Waals surface area contributed by atoms with Gasteiger partial charge in [0.2, 0.25) is 10.0 Å². The van der Waals surface area contributed by atoms with E-state index in [1.54, 1.807) is 18.3 Å². The fraction of sp³-hybridized carbons (Fsp3) is 0.294. The molecule has 0 atom stereocenters. The van der Waals surface area contributed by atoms with Crippen LogP contribution in [-0.2, 0) is 23.0 Å². The molecule has 0 fully saturated rings. The number of rotatable bonds is 7.